The zero-order chi connectivity index (χ0) is 15.1. The first-order valence-corrected chi connectivity index (χ1v) is 6.72. The predicted molar refractivity (Wildman–Crippen MR) is 70.5 cm³/mol. The fourth-order valence-corrected chi connectivity index (χ4v) is 2.40. The highest BCUT2D eigenvalue weighted by Gasteiger charge is 2.53. The molecule has 0 saturated carbocycles. The zero-order valence-electron chi connectivity index (χ0n) is 9.87. The summed E-state index contributed by atoms with van der Waals surface area (Å²) < 4.78 is 44.1. The van der Waals surface area contributed by atoms with Crippen LogP contribution in [0.4, 0.5) is 13.2 Å². The Hall–Kier alpha value is -1.00. The molecular formula is C10H7Br2F3N4O. The molecule has 0 aliphatic rings. The molecular weight excluding hydrogens is 409 g/mol. The average molecular weight is 416 g/mol. The van der Waals surface area contributed by atoms with E-state index in [4.69, 9.17) is 5.73 Å². The van der Waals surface area contributed by atoms with Gasteiger partial charge >= 0.3 is 6.18 Å². The molecule has 0 aromatic carbocycles. The van der Waals surface area contributed by atoms with E-state index in [1.165, 1.54) is 6.20 Å². The van der Waals surface area contributed by atoms with Crippen LogP contribution in [0.5, 0.6) is 0 Å². The van der Waals surface area contributed by atoms with E-state index >= 15 is 0 Å². The third-order valence-electron chi connectivity index (χ3n) is 2.48. The van der Waals surface area contributed by atoms with Crippen molar-refractivity contribution in [2.45, 2.75) is 18.6 Å². The molecule has 0 radical (unpaired) electrons. The van der Waals surface area contributed by atoms with E-state index in [9.17, 15) is 13.2 Å². The number of nitrogens with zero attached hydrogens (tertiary/aromatic N) is 3. The molecule has 2 N–H and O–H groups in total. The minimum atomic E-state index is -4.71. The van der Waals surface area contributed by atoms with Crippen molar-refractivity contribution in [3.05, 3.63) is 27.1 Å². The van der Waals surface area contributed by atoms with E-state index in [1.54, 1.807) is 6.07 Å². The van der Waals surface area contributed by atoms with E-state index in [0.29, 0.717) is 8.95 Å². The zero-order valence-corrected chi connectivity index (χ0v) is 13.0. The van der Waals surface area contributed by atoms with Gasteiger partial charge in [-0.15, -0.1) is 0 Å². The number of rotatable bonds is 2. The molecule has 10 heteroatoms. The van der Waals surface area contributed by atoms with Gasteiger partial charge in [0.15, 0.2) is 5.54 Å². The summed E-state index contributed by atoms with van der Waals surface area (Å²) in [6, 6.07) is 1.66. The first kappa shape index (κ1) is 15.4. The first-order valence-electron chi connectivity index (χ1n) is 5.14. The summed E-state index contributed by atoms with van der Waals surface area (Å²) in [5.41, 5.74) is 2.74. The maximum Gasteiger partial charge on any atom is 0.415 e. The van der Waals surface area contributed by atoms with E-state index < -0.39 is 17.6 Å². The third kappa shape index (κ3) is 2.72. The molecule has 0 bridgehead atoms. The van der Waals surface area contributed by atoms with Gasteiger partial charge in [0.25, 0.3) is 5.89 Å². The Morgan fingerprint density at radius 2 is 1.95 bits per heavy atom. The van der Waals surface area contributed by atoms with Crippen LogP contribution in [-0.4, -0.2) is 21.3 Å². The molecule has 108 valence electrons. The van der Waals surface area contributed by atoms with Crippen LogP contribution in [0.3, 0.4) is 0 Å². The van der Waals surface area contributed by atoms with Crippen molar-refractivity contribution in [3.8, 4) is 11.5 Å². The number of hydrogen-bond donors (Lipinski definition) is 1. The normalized spacial score (nSPS) is 15.2. The Kier molecular flexibility index (Phi) is 3.91. The summed E-state index contributed by atoms with van der Waals surface area (Å²) in [6.07, 6.45) is -3.25. The first-order chi connectivity index (χ1) is 9.13. The summed E-state index contributed by atoms with van der Waals surface area (Å²) in [5, 5.41) is 3.48. The van der Waals surface area contributed by atoms with Crippen molar-refractivity contribution in [2.24, 2.45) is 5.73 Å². The lowest BCUT2D eigenvalue weighted by molar-refractivity contribution is -0.190. The largest absolute Gasteiger partial charge is 0.415 e. The van der Waals surface area contributed by atoms with Crippen LogP contribution < -0.4 is 5.73 Å². The van der Waals surface area contributed by atoms with E-state index in [2.05, 4.69) is 51.5 Å². The minimum Gasteiger partial charge on any atom is -0.336 e. The molecule has 0 amide bonds. The van der Waals surface area contributed by atoms with E-state index in [0.717, 1.165) is 6.92 Å². The van der Waals surface area contributed by atoms with Gasteiger partial charge in [0.1, 0.15) is 5.69 Å². The molecule has 20 heavy (non-hydrogen) atoms. The van der Waals surface area contributed by atoms with Gasteiger partial charge in [-0.2, -0.15) is 18.2 Å². The highest BCUT2D eigenvalue weighted by molar-refractivity contribution is 9.11. The number of hydrogen-bond acceptors (Lipinski definition) is 5. The van der Waals surface area contributed by atoms with Crippen molar-refractivity contribution < 1.29 is 17.7 Å². The Bertz CT molecular complexity index is 642. The third-order valence-corrected chi connectivity index (χ3v) is 3.52. The minimum absolute atomic E-state index is 0.0831. The molecule has 0 aliphatic heterocycles. The molecule has 5 nitrogen and oxygen atoms in total. The predicted octanol–water partition coefficient (Wildman–Crippen LogP) is 3.39. The quantitative estimate of drug-likeness (QED) is 0.813. The molecule has 1 unspecified atom stereocenters. The lowest BCUT2D eigenvalue weighted by Crippen LogP contribution is -2.48. The van der Waals surface area contributed by atoms with Crippen LogP contribution in [0.2, 0.25) is 0 Å². The second-order valence-corrected chi connectivity index (χ2v) is 5.88. The summed E-state index contributed by atoms with van der Waals surface area (Å²) in [6.45, 7) is 0.758. The number of halogens is 5. The lowest BCUT2D eigenvalue weighted by Gasteiger charge is -2.22. The van der Waals surface area contributed by atoms with E-state index in [1.807, 2.05) is 0 Å². The monoisotopic (exact) mass is 414 g/mol. The second-order valence-electron chi connectivity index (χ2n) is 4.11. The van der Waals surface area contributed by atoms with Gasteiger partial charge in [0.05, 0.1) is 0 Å². The van der Waals surface area contributed by atoms with Crippen LogP contribution in [0, 0.1) is 0 Å². The number of alkyl halides is 3. The van der Waals surface area contributed by atoms with Crippen molar-refractivity contribution >= 4 is 31.9 Å². The second kappa shape index (κ2) is 5.08. The van der Waals surface area contributed by atoms with Crippen molar-refractivity contribution in [1.82, 2.24) is 15.1 Å². The highest BCUT2D eigenvalue weighted by Crippen LogP contribution is 2.36. The van der Waals surface area contributed by atoms with Gasteiger partial charge in [-0.25, -0.2) is 0 Å². The lowest BCUT2D eigenvalue weighted by atomic mass is 10.0. The molecule has 2 rings (SSSR count). The summed E-state index contributed by atoms with van der Waals surface area (Å²) in [4.78, 5) is 7.68. The topological polar surface area (TPSA) is 77.8 Å². The maximum atomic E-state index is 12.8. The van der Waals surface area contributed by atoms with Gasteiger partial charge in [0, 0.05) is 15.1 Å². The Labute approximate surface area is 128 Å². The molecule has 2 aromatic rings. The summed E-state index contributed by atoms with van der Waals surface area (Å²) >= 11 is 6.42. The van der Waals surface area contributed by atoms with Gasteiger partial charge in [-0.3, -0.25) is 4.98 Å². The molecule has 2 heterocycles. The average Bonchev–Trinajstić information content (AvgIpc) is 2.77. The smallest absolute Gasteiger partial charge is 0.336 e. The Balaban J connectivity index is 2.44. The standard InChI is InChI=1S/C10H7Br2F3N4O/c1-9(16,10(13,14)15)8-18-7(19-20-8)6-5(12)2-4(11)3-17-6/h2-3H,16H2,1H3. The summed E-state index contributed by atoms with van der Waals surface area (Å²) in [7, 11) is 0. The molecule has 0 aliphatic carbocycles. The van der Waals surface area contributed by atoms with Crippen LogP contribution >= 0.6 is 31.9 Å². The Morgan fingerprint density at radius 1 is 1.30 bits per heavy atom. The number of aromatic nitrogens is 3. The van der Waals surface area contributed by atoms with Gasteiger partial charge in [-0.1, -0.05) is 5.16 Å². The fraction of sp³-hybridized carbons (Fsp3) is 0.300. The van der Waals surface area contributed by atoms with E-state index in [-0.39, 0.29) is 11.5 Å². The van der Waals surface area contributed by atoms with Gasteiger partial charge in [-0.05, 0) is 44.8 Å². The van der Waals surface area contributed by atoms with Crippen molar-refractivity contribution in [1.29, 1.82) is 0 Å². The molecule has 1 atom stereocenters. The number of nitrogens with two attached hydrogens (primary N) is 1. The van der Waals surface area contributed by atoms with Crippen LogP contribution in [0.1, 0.15) is 12.8 Å². The molecule has 2 aromatic heterocycles. The van der Waals surface area contributed by atoms with Gasteiger partial charge < -0.3 is 10.3 Å². The van der Waals surface area contributed by atoms with Gasteiger partial charge in [0.2, 0.25) is 5.82 Å². The number of pyridine rings is 1. The maximum absolute atomic E-state index is 12.8. The van der Waals surface area contributed by atoms with Crippen molar-refractivity contribution in [2.75, 3.05) is 0 Å². The SMILES string of the molecule is CC(N)(c1nc(-c2ncc(Br)cc2Br)no1)C(F)(F)F. The summed E-state index contributed by atoms with van der Waals surface area (Å²) in [5.74, 6) is -0.808. The molecule has 0 spiro atoms. The van der Waals surface area contributed by atoms with Crippen molar-refractivity contribution in [3.63, 3.8) is 0 Å². The van der Waals surface area contributed by atoms with Crippen LogP contribution in [0.25, 0.3) is 11.5 Å². The highest BCUT2D eigenvalue weighted by atomic mass is 79.9. The molecule has 0 saturated heterocycles. The van der Waals surface area contributed by atoms with Crippen LogP contribution in [-0.2, 0) is 5.54 Å². The fourth-order valence-electron chi connectivity index (χ4n) is 1.23. The molecule has 0 fully saturated rings. The van der Waals surface area contributed by atoms with Crippen LogP contribution in [0.15, 0.2) is 25.7 Å². The Morgan fingerprint density at radius 3 is 2.50 bits per heavy atom.